The number of amides is 1. The number of carbonyl (C=O) groups excluding carboxylic acids is 1. The summed E-state index contributed by atoms with van der Waals surface area (Å²) in [4.78, 5) is 22.4. The van der Waals surface area contributed by atoms with Crippen molar-refractivity contribution in [1.82, 2.24) is 14.4 Å². The number of benzene rings is 1. The summed E-state index contributed by atoms with van der Waals surface area (Å²) in [5, 5.41) is 5.39. The normalized spacial score (nSPS) is 12.6. The summed E-state index contributed by atoms with van der Waals surface area (Å²) >= 11 is 0. The van der Waals surface area contributed by atoms with Gasteiger partial charge in [0.15, 0.2) is 5.65 Å². The number of rotatable bonds is 8. The highest BCUT2D eigenvalue weighted by Gasteiger charge is 2.39. The predicted octanol–water partition coefficient (Wildman–Crippen LogP) is 6.37. The minimum Gasteiger partial charge on any atom is -0.372 e. The van der Waals surface area contributed by atoms with Crippen LogP contribution in [-0.4, -0.2) is 45.1 Å². The van der Waals surface area contributed by atoms with Crippen molar-refractivity contribution < 1.29 is 18.0 Å². The summed E-state index contributed by atoms with van der Waals surface area (Å²) in [7, 11) is 0. The molecule has 0 aliphatic rings. The lowest BCUT2D eigenvalue weighted by Gasteiger charge is -2.34. The van der Waals surface area contributed by atoms with Crippen LogP contribution in [0.5, 0.6) is 0 Å². The van der Waals surface area contributed by atoms with Gasteiger partial charge in [-0.1, -0.05) is 32.9 Å². The fraction of sp³-hybridized carbons (Fsp3) is 0.500. The lowest BCUT2D eigenvalue weighted by atomic mass is 9.82. The molecule has 0 saturated heterocycles. The predicted molar refractivity (Wildman–Crippen MR) is 138 cm³/mol. The summed E-state index contributed by atoms with van der Waals surface area (Å²) in [5.41, 5.74) is 2.68. The largest absolute Gasteiger partial charge is 0.471 e. The first-order valence-electron chi connectivity index (χ1n) is 12.0. The standard InChI is InChI=1S/C26H35F3N6O/c1-8-34(9-2)18-12-10-17(11-13-18)21-22(33-25(6,7)16-24(3,4)5)35-15-19(30-14-20(35)32-21)31-23(36)26(27,28)29/h10-15,33H,8-9,16H2,1-7H3,(H,31,36). The maximum absolute atomic E-state index is 12.8. The molecule has 0 spiro atoms. The first-order chi connectivity index (χ1) is 16.6. The lowest BCUT2D eigenvalue weighted by molar-refractivity contribution is -0.167. The molecule has 0 bridgehead atoms. The zero-order valence-corrected chi connectivity index (χ0v) is 21.9. The quantitative estimate of drug-likeness (QED) is 0.373. The van der Waals surface area contributed by atoms with Gasteiger partial charge in [-0.05, 0) is 51.7 Å². The smallest absolute Gasteiger partial charge is 0.372 e. The van der Waals surface area contributed by atoms with Gasteiger partial charge in [0.05, 0.1) is 12.4 Å². The Hall–Kier alpha value is -3.30. The van der Waals surface area contributed by atoms with E-state index in [1.165, 1.54) is 12.4 Å². The van der Waals surface area contributed by atoms with Crippen LogP contribution in [0.25, 0.3) is 16.9 Å². The van der Waals surface area contributed by atoms with E-state index < -0.39 is 12.1 Å². The number of imidazole rings is 1. The number of hydrogen-bond acceptors (Lipinski definition) is 5. The Balaban J connectivity index is 2.11. The Morgan fingerprint density at radius 1 is 1.03 bits per heavy atom. The highest BCUT2D eigenvalue weighted by Crippen LogP contribution is 2.35. The van der Waals surface area contributed by atoms with Crippen LogP contribution in [-0.2, 0) is 4.79 Å². The van der Waals surface area contributed by atoms with Crippen LogP contribution < -0.4 is 15.5 Å². The molecular formula is C26H35F3N6O. The van der Waals surface area contributed by atoms with E-state index in [9.17, 15) is 18.0 Å². The van der Waals surface area contributed by atoms with E-state index in [-0.39, 0.29) is 16.8 Å². The van der Waals surface area contributed by atoms with Gasteiger partial charge in [0.1, 0.15) is 17.3 Å². The van der Waals surface area contributed by atoms with Crippen LogP contribution in [0.15, 0.2) is 36.7 Å². The van der Waals surface area contributed by atoms with Crippen molar-refractivity contribution in [1.29, 1.82) is 0 Å². The first kappa shape index (κ1) is 27.3. The highest BCUT2D eigenvalue weighted by atomic mass is 19.4. The van der Waals surface area contributed by atoms with Crippen molar-refractivity contribution in [3.05, 3.63) is 36.7 Å². The van der Waals surface area contributed by atoms with Crippen molar-refractivity contribution in [3.63, 3.8) is 0 Å². The average Bonchev–Trinajstić information content (AvgIpc) is 3.10. The van der Waals surface area contributed by atoms with Gasteiger partial charge in [0.2, 0.25) is 0 Å². The fourth-order valence-electron chi connectivity index (χ4n) is 4.64. The van der Waals surface area contributed by atoms with Crippen LogP contribution >= 0.6 is 0 Å². The molecule has 36 heavy (non-hydrogen) atoms. The molecule has 2 heterocycles. The molecule has 0 atom stereocenters. The van der Waals surface area contributed by atoms with Gasteiger partial charge in [-0.2, -0.15) is 13.2 Å². The van der Waals surface area contributed by atoms with Gasteiger partial charge in [-0.3, -0.25) is 9.20 Å². The number of anilines is 3. The van der Waals surface area contributed by atoms with E-state index in [0.29, 0.717) is 17.2 Å². The summed E-state index contributed by atoms with van der Waals surface area (Å²) in [5.74, 6) is -1.69. The van der Waals surface area contributed by atoms with E-state index in [0.717, 1.165) is 30.8 Å². The van der Waals surface area contributed by atoms with Crippen molar-refractivity contribution in [2.45, 2.75) is 66.6 Å². The lowest BCUT2D eigenvalue weighted by Crippen LogP contribution is -2.36. The molecule has 0 saturated carbocycles. The molecule has 196 valence electrons. The molecule has 1 amide bonds. The number of hydrogen-bond donors (Lipinski definition) is 2. The van der Waals surface area contributed by atoms with Crippen molar-refractivity contribution in [2.75, 3.05) is 28.6 Å². The number of nitrogens with one attached hydrogen (secondary N) is 2. The minimum atomic E-state index is -5.01. The van der Waals surface area contributed by atoms with Crippen LogP contribution in [0, 0.1) is 5.41 Å². The van der Waals surface area contributed by atoms with Crippen molar-refractivity contribution in [2.24, 2.45) is 5.41 Å². The maximum Gasteiger partial charge on any atom is 0.471 e. The molecule has 2 aromatic heterocycles. The number of aromatic nitrogens is 3. The zero-order chi connectivity index (χ0) is 26.9. The number of halogens is 3. The zero-order valence-electron chi connectivity index (χ0n) is 21.9. The second kappa shape index (κ2) is 9.99. The van der Waals surface area contributed by atoms with Crippen LogP contribution in [0.3, 0.4) is 0 Å². The molecule has 10 heteroatoms. The SMILES string of the molecule is CCN(CC)c1ccc(-c2nc3cnc(NC(=O)C(F)(F)F)cn3c2NC(C)(C)CC(C)(C)C)cc1. The van der Waals surface area contributed by atoms with E-state index in [1.54, 1.807) is 4.40 Å². The van der Waals surface area contributed by atoms with Gasteiger partial charge in [-0.25, -0.2) is 9.97 Å². The van der Waals surface area contributed by atoms with E-state index in [2.05, 4.69) is 63.7 Å². The molecule has 0 aliphatic heterocycles. The van der Waals surface area contributed by atoms with Gasteiger partial charge < -0.3 is 15.5 Å². The molecule has 3 aromatic rings. The van der Waals surface area contributed by atoms with Crippen LogP contribution in [0.1, 0.15) is 54.9 Å². The molecule has 7 nitrogen and oxygen atoms in total. The fourth-order valence-corrected chi connectivity index (χ4v) is 4.64. The van der Waals surface area contributed by atoms with Gasteiger partial charge in [0.25, 0.3) is 0 Å². The molecule has 0 radical (unpaired) electrons. The van der Waals surface area contributed by atoms with Gasteiger partial charge >= 0.3 is 12.1 Å². The summed E-state index contributed by atoms with van der Waals surface area (Å²) in [6, 6.07) is 8.03. The van der Waals surface area contributed by atoms with E-state index in [1.807, 2.05) is 29.6 Å². The second-order valence-electron chi connectivity index (χ2n) is 10.7. The monoisotopic (exact) mass is 504 g/mol. The van der Waals surface area contributed by atoms with Gasteiger partial charge in [0, 0.05) is 29.9 Å². The molecule has 0 fully saturated rings. The van der Waals surface area contributed by atoms with Crippen molar-refractivity contribution in [3.8, 4) is 11.3 Å². The molecule has 0 unspecified atom stereocenters. The Labute approximate surface area is 210 Å². The van der Waals surface area contributed by atoms with Crippen LogP contribution in [0.2, 0.25) is 0 Å². The topological polar surface area (TPSA) is 74.6 Å². The number of alkyl halides is 3. The first-order valence-corrected chi connectivity index (χ1v) is 12.0. The highest BCUT2D eigenvalue weighted by molar-refractivity contribution is 5.94. The maximum atomic E-state index is 12.8. The summed E-state index contributed by atoms with van der Waals surface area (Å²) < 4.78 is 40.0. The average molecular weight is 505 g/mol. The summed E-state index contributed by atoms with van der Waals surface area (Å²) in [6.45, 7) is 16.5. The Morgan fingerprint density at radius 3 is 2.17 bits per heavy atom. The van der Waals surface area contributed by atoms with E-state index >= 15 is 0 Å². The molecule has 2 N–H and O–H groups in total. The Kier molecular flexibility index (Phi) is 7.57. The van der Waals surface area contributed by atoms with Gasteiger partial charge in [-0.15, -0.1) is 0 Å². The van der Waals surface area contributed by atoms with Crippen LogP contribution in [0.4, 0.5) is 30.5 Å². The number of nitrogens with zero attached hydrogens (tertiary/aromatic N) is 4. The Bertz CT molecular complexity index is 1210. The number of fused-ring (bicyclic) bond motifs is 1. The molecular weight excluding hydrogens is 469 g/mol. The Morgan fingerprint density at radius 2 is 1.64 bits per heavy atom. The third-order valence-corrected chi connectivity index (χ3v) is 5.71. The molecule has 0 aliphatic carbocycles. The molecule has 1 aromatic carbocycles. The number of carbonyl (C=O) groups is 1. The minimum absolute atomic E-state index is 0.0238. The summed E-state index contributed by atoms with van der Waals surface area (Å²) in [6.07, 6.45) is -1.49. The molecule has 3 rings (SSSR count). The third-order valence-electron chi connectivity index (χ3n) is 5.71. The third kappa shape index (κ3) is 6.47. The van der Waals surface area contributed by atoms with E-state index in [4.69, 9.17) is 4.98 Å². The second-order valence-corrected chi connectivity index (χ2v) is 10.7. The van der Waals surface area contributed by atoms with Crippen molar-refractivity contribution >= 4 is 28.9 Å².